The van der Waals surface area contributed by atoms with Crippen LogP contribution in [0.1, 0.15) is 22.6 Å². The van der Waals surface area contributed by atoms with Crippen molar-refractivity contribution < 1.29 is 27.9 Å². The van der Waals surface area contributed by atoms with Crippen LogP contribution >= 0.6 is 11.3 Å². The first-order valence-corrected chi connectivity index (χ1v) is 10.9. The van der Waals surface area contributed by atoms with Crippen LogP contribution < -0.4 is 5.32 Å². The van der Waals surface area contributed by atoms with Gasteiger partial charge in [0.2, 0.25) is 0 Å². The van der Waals surface area contributed by atoms with Gasteiger partial charge in [-0.3, -0.25) is 4.79 Å². The highest BCUT2D eigenvalue weighted by Crippen LogP contribution is 2.21. The van der Waals surface area contributed by atoms with E-state index in [1.54, 1.807) is 11.7 Å². The van der Waals surface area contributed by atoms with Gasteiger partial charge in [-0.05, 0) is 36.6 Å². The highest BCUT2D eigenvalue weighted by Gasteiger charge is 2.38. The molecule has 2 N–H and O–H groups in total. The van der Waals surface area contributed by atoms with Crippen molar-refractivity contribution in [1.82, 2.24) is 19.4 Å². The molecule has 4 heterocycles. The molecule has 0 saturated heterocycles. The Bertz CT molecular complexity index is 1040. The van der Waals surface area contributed by atoms with Gasteiger partial charge in [-0.1, -0.05) is 6.07 Å². The number of nitrogens with one attached hydrogen (secondary N) is 1. The first-order chi connectivity index (χ1) is 15.7. The maximum atomic E-state index is 12.8. The molecule has 176 valence electrons. The third-order valence-corrected chi connectivity index (χ3v) is 5.50. The number of fused-ring (bicyclic) bond motifs is 1. The summed E-state index contributed by atoms with van der Waals surface area (Å²) in [6, 6.07) is 9.99. The van der Waals surface area contributed by atoms with Gasteiger partial charge >= 0.3 is 12.1 Å². The number of aliphatic carboxylic acids is 1. The summed E-state index contributed by atoms with van der Waals surface area (Å²) in [7, 11) is 0. The number of nitrogens with zero attached hydrogens (tertiary/aromatic N) is 4. The van der Waals surface area contributed by atoms with Crippen LogP contribution in [0.3, 0.4) is 0 Å². The molecule has 0 saturated carbocycles. The maximum absolute atomic E-state index is 12.8. The number of carbonyl (C=O) groups excluding carboxylic acids is 1. The van der Waals surface area contributed by atoms with E-state index in [2.05, 4.69) is 38.2 Å². The predicted molar refractivity (Wildman–Crippen MR) is 116 cm³/mol. The average molecular weight is 482 g/mol. The van der Waals surface area contributed by atoms with E-state index in [-0.39, 0.29) is 5.91 Å². The minimum absolute atomic E-state index is 0.0172. The number of thiazole rings is 1. The number of aromatic nitrogens is 3. The van der Waals surface area contributed by atoms with Crippen LogP contribution in [0, 0.1) is 5.92 Å². The number of halogens is 3. The molecule has 0 bridgehead atoms. The molecular formula is C21H22F3N5O3S. The number of rotatable bonds is 5. The van der Waals surface area contributed by atoms with E-state index in [0.29, 0.717) is 18.2 Å². The summed E-state index contributed by atoms with van der Waals surface area (Å²) in [4.78, 5) is 32.1. The van der Waals surface area contributed by atoms with Crippen LogP contribution in [-0.4, -0.2) is 55.7 Å². The number of alkyl halides is 3. The lowest BCUT2D eigenvalue weighted by molar-refractivity contribution is -0.192. The minimum Gasteiger partial charge on any atom is -0.475 e. The number of anilines is 1. The minimum atomic E-state index is -5.08. The van der Waals surface area contributed by atoms with Crippen LogP contribution in [-0.2, 0) is 17.9 Å². The van der Waals surface area contributed by atoms with Crippen molar-refractivity contribution in [3.05, 3.63) is 65.0 Å². The van der Waals surface area contributed by atoms with E-state index in [0.717, 1.165) is 31.9 Å². The molecule has 0 spiro atoms. The van der Waals surface area contributed by atoms with Crippen molar-refractivity contribution in [2.24, 2.45) is 5.92 Å². The molecule has 3 aromatic rings. The Balaban J connectivity index is 0.000000383. The van der Waals surface area contributed by atoms with E-state index >= 15 is 0 Å². The molecule has 0 aromatic carbocycles. The first-order valence-electron chi connectivity index (χ1n) is 10.0. The van der Waals surface area contributed by atoms with Gasteiger partial charge in [-0.2, -0.15) is 13.2 Å². The van der Waals surface area contributed by atoms with E-state index in [9.17, 15) is 18.0 Å². The zero-order chi connectivity index (χ0) is 23.8. The van der Waals surface area contributed by atoms with Gasteiger partial charge in [0.15, 0.2) is 0 Å². The molecule has 8 nitrogen and oxygen atoms in total. The van der Waals surface area contributed by atoms with Crippen molar-refractivity contribution in [2.75, 3.05) is 18.4 Å². The van der Waals surface area contributed by atoms with E-state index in [1.165, 1.54) is 17.0 Å². The molecule has 12 heteroatoms. The standard InChI is InChI=1S/C19H21N5OS.C2HF3O2/c25-19(17-13-26-14-22-17)24-11-15(10-23-9-3-4-16(23)12-24)6-8-21-18-5-1-2-7-20-18;3-2(4,5)1(6)7/h1-5,7,9,13-15H,6,8,10-12H2,(H,20,21);(H,6,7). The Morgan fingerprint density at radius 1 is 1.18 bits per heavy atom. The Morgan fingerprint density at radius 2 is 1.97 bits per heavy atom. The van der Waals surface area contributed by atoms with Gasteiger partial charge in [0.05, 0.1) is 12.1 Å². The quantitative estimate of drug-likeness (QED) is 0.576. The lowest BCUT2D eigenvalue weighted by Gasteiger charge is -2.23. The fourth-order valence-corrected chi connectivity index (χ4v) is 3.89. The molecule has 3 aromatic heterocycles. The summed E-state index contributed by atoms with van der Waals surface area (Å²) in [6.45, 7) is 3.12. The number of carboxylic acids is 1. The molecule has 33 heavy (non-hydrogen) atoms. The smallest absolute Gasteiger partial charge is 0.475 e. The maximum Gasteiger partial charge on any atom is 0.490 e. The van der Waals surface area contributed by atoms with Crippen molar-refractivity contribution in [3.63, 3.8) is 0 Å². The fraction of sp³-hybridized carbons (Fsp3) is 0.333. The third-order valence-electron chi connectivity index (χ3n) is 4.91. The van der Waals surface area contributed by atoms with Crippen LogP contribution in [0.4, 0.5) is 19.0 Å². The molecule has 4 rings (SSSR count). The van der Waals surface area contributed by atoms with Gasteiger partial charge < -0.3 is 19.9 Å². The van der Waals surface area contributed by atoms with Crippen molar-refractivity contribution >= 4 is 29.0 Å². The third kappa shape index (κ3) is 7.04. The Kier molecular flexibility index (Phi) is 8.04. The van der Waals surface area contributed by atoms with Crippen molar-refractivity contribution in [2.45, 2.75) is 25.7 Å². The number of amides is 1. The molecule has 0 aliphatic carbocycles. The lowest BCUT2D eigenvalue weighted by atomic mass is 10.0. The highest BCUT2D eigenvalue weighted by atomic mass is 32.1. The second kappa shape index (κ2) is 10.9. The molecule has 0 fully saturated rings. The van der Waals surface area contributed by atoms with Gasteiger partial charge in [-0.15, -0.1) is 11.3 Å². The second-order valence-electron chi connectivity index (χ2n) is 7.31. The molecular weight excluding hydrogens is 459 g/mol. The number of hydrogen-bond donors (Lipinski definition) is 2. The van der Waals surface area contributed by atoms with E-state index in [4.69, 9.17) is 9.90 Å². The lowest BCUT2D eigenvalue weighted by Crippen LogP contribution is -2.34. The summed E-state index contributed by atoms with van der Waals surface area (Å²) in [5, 5.41) is 12.3. The molecule has 1 atom stereocenters. The van der Waals surface area contributed by atoms with Gasteiger partial charge in [0.1, 0.15) is 11.5 Å². The van der Waals surface area contributed by atoms with Crippen molar-refractivity contribution in [3.8, 4) is 0 Å². The Morgan fingerprint density at radius 3 is 2.61 bits per heavy atom. The Hall–Kier alpha value is -3.41. The summed E-state index contributed by atoms with van der Waals surface area (Å²) < 4.78 is 34.0. The SMILES string of the molecule is O=C(O)C(F)(F)F.O=C(c1cscn1)N1Cc2cccn2CC(CCNc2ccccn2)C1. The summed E-state index contributed by atoms with van der Waals surface area (Å²) in [6.07, 6.45) is -0.227. The van der Waals surface area contributed by atoms with Crippen LogP contribution in [0.5, 0.6) is 0 Å². The summed E-state index contributed by atoms with van der Waals surface area (Å²) in [5.74, 6) is -1.48. The number of carboxylic acid groups (broad SMARTS) is 1. The van der Waals surface area contributed by atoms with Gasteiger partial charge in [0.25, 0.3) is 5.91 Å². The zero-order valence-corrected chi connectivity index (χ0v) is 18.2. The summed E-state index contributed by atoms with van der Waals surface area (Å²) in [5.41, 5.74) is 3.43. The van der Waals surface area contributed by atoms with E-state index in [1.807, 2.05) is 28.5 Å². The second-order valence-corrected chi connectivity index (χ2v) is 8.03. The first kappa shape index (κ1) is 24.2. The van der Waals surface area contributed by atoms with Crippen LogP contribution in [0.15, 0.2) is 53.6 Å². The normalized spacial score (nSPS) is 15.6. The monoisotopic (exact) mass is 481 g/mol. The molecule has 1 aliphatic rings. The number of hydrogen-bond acceptors (Lipinski definition) is 6. The van der Waals surface area contributed by atoms with Gasteiger partial charge in [-0.25, -0.2) is 14.8 Å². The van der Waals surface area contributed by atoms with Gasteiger partial charge in [0, 0.05) is 43.1 Å². The molecule has 1 aliphatic heterocycles. The van der Waals surface area contributed by atoms with Crippen LogP contribution in [0.2, 0.25) is 0 Å². The largest absolute Gasteiger partial charge is 0.490 e. The average Bonchev–Trinajstić information content (AvgIpc) is 3.43. The molecule has 1 amide bonds. The van der Waals surface area contributed by atoms with Crippen LogP contribution in [0.25, 0.3) is 0 Å². The zero-order valence-electron chi connectivity index (χ0n) is 17.4. The van der Waals surface area contributed by atoms with Crippen molar-refractivity contribution in [1.29, 1.82) is 0 Å². The summed E-state index contributed by atoms with van der Waals surface area (Å²) >= 11 is 1.46. The predicted octanol–water partition coefficient (Wildman–Crippen LogP) is 3.75. The fourth-order valence-electron chi connectivity index (χ4n) is 3.37. The highest BCUT2D eigenvalue weighted by molar-refractivity contribution is 7.07. The molecule has 0 radical (unpaired) electrons. The Labute approximate surface area is 191 Å². The van der Waals surface area contributed by atoms with E-state index < -0.39 is 12.1 Å². The molecule has 1 unspecified atom stereocenters. The number of carbonyl (C=O) groups is 2. The number of pyridine rings is 1. The topological polar surface area (TPSA) is 100 Å².